The molecule has 0 bridgehead atoms. The number of carboxylic acid groups (broad SMARTS) is 1. The summed E-state index contributed by atoms with van der Waals surface area (Å²) in [7, 11) is 0. The number of hydrogen-bond acceptors (Lipinski definition) is 3. The third kappa shape index (κ3) is 2.80. The lowest BCUT2D eigenvalue weighted by atomic mass is 10.0. The van der Waals surface area contributed by atoms with Gasteiger partial charge in [0.2, 0.25) is 0 Å². The van der Waals surface area contributed by atoms with Gasteiger partial charge in [-0.15, -0.1) is 0 Å². The van der Waals surface area contributed by atoms with Crippen molar-refractivity contribution in [3.05, 3.63) is 29.8 Å². The van der Waals surface area contributed by atoms with Gasteiger partial charge in [-0.05, 0) is 38.8 Å². The van der Waals surface area contributed by atoms with Crippen molar-refractivity contribution in [2.45, 2.75) is 39.3 Å². The summed E-state index contributed by atoms with van der Waals surface area (Å²) in [6.45, 7) is 7.47. The lowest BCUT2D eigenvalue weighted by molar-refractivity contribution is -0.144. The Balaban J connectivity index is 2.27. The number of benzene rings is 1. The molecule has 0 spiro atoms. The minimum Gasteiger partial charge on any atom is -0.494 e. The normalized spacial score (nSPS) is 24.6. The summed E-state index contributed by atoms with van der Waals surface area (Å²) in [4.78, 5) is 13.6. The minimum absolute atomic E-state index is 0.0452. The molecule has 1 heterocycles. The predicted octanol–water partition coefficient (Wildman–Crippen LogP) is 2.94. The third-order valence-corrected chi connectivity index (χ3v) is 4.16. The fourth-order valence-corrected chi connectivity index (χ4v) is 3.09. The van der Waals surface area contributed by atoms with Crippen LogP contribution < -0.4 is 4.74 Å². The molecule has 3 unspecified atom stereocenters. The number of hydrogen-bond donors (Lipinski definition) is 1. The average Bonchev–Trinajstić information content (AvgIpc) is 2.81. The lowest BCUT2D eigenvalue weighted by Gasteiger charge is -2.30. The maximum atomic E-state index is 11.5. The van der Waals surface area contributed by atoms with Gasteiger partial charge in [0.1, 0.15) is 11.8 Å². The van der Waals surface area contributed by atoms with Gasteiger partial charge in [-0.2, -0.15) is 0 Å². The summed E-state index contributed by atoms with van der Waals surface area (Å²) in [6, 6.07) is 7.54. The van der Waals surface area contributed by atoms with Gasteiger partial charge >= 0.3 is 5.97 Å². The number of rotatable bonds is 5. The molecule has 2 rings (SSSR count). The zero-order chi connectivity index (χ0) is 14.7. The van der Waals surface area contributed by atoms with Gasteiger partial charge in [0.25, 0.3) is 0 Å². The molecule has 1 aromatic carbocycles. The summed E-state index contributed by atoms with van der Waals surface area (Å²) in [5, 5.41) is 9.45. The van der Waals surface area contributed by atoms with Crippen molar-refractivity contribution < 1.29 is 14.6 Å². The molecule has 0 amide bonds. The van der Waals surface area contributed by atoms with E-state index < -0.39 is 12.0 Å². The zero-order valence-corrected chi connectivity index (χ0v) is 12.4. The lowest BCUT2D eigenvalue weighted by Crippen LogP contribution is -2.40. The first-order valence-corrected chi connectivity index (χ1v) is 7.26. The Morgan fingerprint density at radius 3 is 2.85 bits per heavy atom. The van der Waals surface area contributed by atoms with Crippen LogP contribution in [0.15, 0.2) is 24.3 Å². The molecule has 1 aliphatic heterocycles. The molecule has 1 aromatic rings. The van der Waals surface area contributed by atoms with Gasteiger partial charge in [0.15, 0.2) is 0 Å². The number of para-hydroxylation sites is 1. The highest BCUT2D eigenvalue weighted by Crippen LogP contribution is 2.36. The Labute approximate surface area is 120 Å². The van der Waals surface area contributed by atoms with E-state index in [1.165, 1.54) is 0 Å². The van der Waals surface area contributed by atoms with Gasteiger partial charge < -0.3 is 9.84 Å². The molecule has 4 heteroatoms. The number of aliphatic carboxylic acids is 1. The first-order valence-electron chi connectivity index (χ1n) is 7.26. The van der Waals surface area contributed by atoms with Crippen LogP contribution in [0, 0.1) is 5.92 Å². The summed E-state index contributed by atoms with van der Waals surface area (Å²) < 4.78 is 5.67. The topological polar surface area (TPSA) is 49.8 Å². The fraction of sp³-hybridized carbons (Fsp3) is 0.562. The van der Waals surface area contributed by atoms with E-state index in [-0.39, 0.29) is 12.0 Å². The second-order valence-corrected chi connectivity index (χ2v) is 5.43. The molecule has 0 saturated carbocycles. The van der Waals surface area contributed by atoms with Crippen LogP contribution in [0.3, 0.4) is 0 Å². The number of likely N-dealkylation sites (tertiary alicyclic amines) is 1. The van der Waals surface area contributed by atoms with Crippen molar-refractivity contribution in [2.24, 2.45) is 5.92 Å². The van der Waals surface area contributed by atoms with E-state index in [1.807, 2.05) is 38.1 Å². The van der Waals surface area contributed by atoms with Crippen LogP contribution in [0.5, 0.6) is 5.75 Å². The fourth-order valence-electron chi connectivity index (χ4n) is 3.09. The molecule has 1 N–H and O–H groups in total. The summed E-state index contributed by atoms with van der Waals surface area (Å²) in [5.74, 6) is 0.316. The molecular weight excluding hydrogens is 254 g/mol. The summed E-state index contributed by atoms with van der Waals surface area (Å²) >= 11 is 0. The minimum atomic E-state index is -0.726. The monoisotopic (exact) mass is 277 g/mol. The SMILES string of the molecule is CCOc1ccccc1C(C)N1CCC(C)C1C(=O)O. The highest BCUT2D eigenvalue weighted by Gasteiger charge is 2.39. The van der Waals surface area contributed by atoms with Crippen LogP contribution in [-0.4, -0.2) is 35.2 Å². The van der Waals surface area contributed by atoms with E-state index in [0.29, 0.717) is 6.61 Å². The van der Waals surface area contributed by atoms with Crippen LogP contribution in [-0.2, 0) is 4.79 Å². The average molecular weight is 277 g/mol. The van der Waals surface area contributed by atoms with Gasteiger partial charge in [-0.1, -0.05) is 25.1 Å². The number of carbonyl (C=O) groups is 1. The Kier molecular flexibility index (Phi) is 4.65. The molecule has 0 aliphatic carbocycles. The first kappa shape index (κ1) is 14.9. The Morgan fingerprint density at radius 2 is 2.20 bits per heavy atom. The first-order chi connectivity index (χ1) is 9.56. The second kappa shape index (κ2) is 6.27. The number of carboxylic acids is 1. The maximum absolute atomic E-state index is 11.5. The van der Waals surface area contributed by atoms with Crippen LogP contribution in [0.1, 0.15) is 38.8 Å². The van der Waals surface area contributed by atoms with E-state index in [2.05, 4.69) is 11.8 Å². The highest BCUT2D eigenvalue weighted by atomic mass is 16.5. The number of nitrogens with zero attached hydrogens (tertiary/aromatic N) is 1. The van der Waals surface area contributed by atoms with Gasteiger partial charge in [0, 0.05) is 11.6 Å². The molecule has 3 atom stereocenters. The quantitative estimate of drug-likeness (QED) is 0.899. The van der Waals surface area contributed by atoms with Crippen molar-refractivity contribution in [1.82, 2.24) is 4.90 Å². The van der Waals surface area contributed by atoms with Crippen molar-refractivity contribution in [2.75, 3.05) is 13.2 Å². The standard InChI is InChI=1S/C16H23NO3/c1-4-20-14-8-6-5-7-13(14)12(3)17-10-9-11(2)15(17)16(18)19/h5-8,11-12,15H,4,9-10H2,1-3H3,(H,18,19). The summed E-state index contributed by atoms with van der Waals surface area (Å²) in [6.07, 6.45) is 0.929. The third-order valence-electron chi connectivity index (χ3n) is 4.16. The van der Waals surface area contributed by atoms with Crippen LogP contribution in [0.25, 0.3) is 0 Å². The molecular formula is C16H23NO3. The zero-order valence-electron chi connectivity index (χ0n) is 12.4. The molecule has 20 heavy (non-hydrogen) atoms. The van der Waals surface area contributed by atoms with Crippen molar-refractivity contribution in [1.29, 1.82) is 0 Å². The largest absolute Gasteiger partial charge is 0.494 e. The predicted molar refractivity (Wildman–Crippen MR) is 77.9 cm³/mol. The van der Waals surface area contributed by atoms with Crippen LogP contribution in [0.2, 0.25) is 0 Å². The maximum Gasteiger partial charge on any atom is 0.321 e. The van der Waals surface area contributed by atoms with Crippen molar-refractivity contribution >= 4 is 5.97 Å². The van der Waals surface area contributed by atoms with E-state index in [4.69, 9.17) is 4.74 Å². The smallest absolute Gasteiger partial charge is 0.321 e. The Morgan fingerprint density at radius 1 is 1.50 bits per heavy atom. The molecule has 0 radical (unpaired) electrons. The number of ether oxygens (including phenoxy) is 1. The van der Waals surface area contributed by atoms with Gasteiger partial charge in [-0.3, -0.25) is 9.69 Å². The molecule has 1 fully saturated rings. The summed E-state index contributed by atoms with van der Waals surface area (Å²) in [5.41, 5.74) is 1.06. The highest BCUT2D eigenvalue weighted by molar-refractivity contribution is 5.74. The Bertz CT molecular complexity index is 475. The van der Waals surface area contributed by atoms with E-state index in [0.717, 1.165) is 24.3 Å². The second-order valence-electron chi connectivity index (χ2n) is 5.43. The van der Waals surface area contributed by atoms with Crippen LogP contribution in [0.4, 0.5) is 0 Å². The van der Waals surface area contributed by atoms with E-state index in [9.17, 15) is 9.90 Å². The van der Waals surface area contributed by atoms with E-state index >= 15 is 0 Å². The van der Waals surface area contributed by atoms with Crippen molar-refractivity contribution in [3.63, 3.8) is 0 Å². The molecule has 1 aliphatic rings. The Hall–Kier alpha value is -1.55. The van der Waals surface area contributed by atoms with E-state index in [1.54, 1.807) is 0 Å². The van der Waals surface area contributed by atoms with Crippen molar-refractivity contribution in [3.8, 4) is 5.75 Å². The molecule has 4 nitrogen and oxygen atoms in total. The molecule has 0 aromatic heterocycles. The van der Waals surface area contributed by atoms with Gasteiger partial charge in [-0.25, -0.2) is 0 Å². The molecule has 1 saturated heterocycles. The van der Waals surface area contributed by atoms with Crippen LogP contribution >= 0.6 is 0 Å². The van der Waals surface area contributed by atoms with Gasteiger partial charge in [0.05, 0.1) is 6.61 Å². The molecule has 110 valence electrons.